The second-order valence-corrected chi connectivity index (χ2v) is 5.13. The highest BCUT2D eigenvalue weighted by atomic mass is 16.5. The number of rotatable bonds is 4. The lowest BCUT2D eigenvalue weighted by molar-refractivity contribution is -0.143. The van der Waals surface area contributed by atoms with Gasteiger partial charge in [0.1, 0.15) is 12.6 Å². The summed E-state index contributed by atoms with van der Waals surface area (Å²) in [5, 5.41) is 5.68. The van der Waals surface area contributed by atoms with Gasteiger partial charge >= 0.3 is 5.97 Å². The van der Waals surface area contributed by atoms with Crippen LogP contribution in [0.15, 0.2) is 0 Å². The molecule has 2 aliphatic heterocycles. The number of amides is 2. The van der Waals surface area contributed by atoms with Gasteiger partial charge in [0.25, 0.3) is 0 Å². The predicted molar refractivity (Wildman–Crippen MR) is 70.8 cm³/mol. The van der Waals surface area contributed by atoms with Crippen molar-refractivity contribution in [2.24, 2.45) is 0 Å². The first kappa shape index (κ1) is 14.8. The standard InChI is InChI=1S/C13H21N3O4/c1-20-11(17)8-15-12(18)10-5-3-7-16(10)13(19)9-4-2-6-14-9/h9-10,14H,2-8H2,1H3,(H,15,18)/t9-,10-/m0/s1. The van der Waals surface area contributed by atoms with Gasteiger partial charge in [-0.3, -0.25) is 14.4 Å². The first-order valence-electron chi connectivity index (χ1n) is 7.02. The number of carbonyl (C=O) groups excluding carboxylic acids is 3. The molecule has 2 rings (SSSR count). The fraction of sp³-hybridized carbons (Fsp3) is 0.769. The predicted octanol–water partition coefficient (Wildman–Crippen LogP) is -0.981. The van der Waals surface area contributed by atoms with Crippen LogP contribution < -0.4 is 10.6 Å². The molecular weight excluding hydrogens is 262 g/mol. The van der Waals surface area contributed by atoms with Crippen LogP contribution in [0.3, 0.4) is 0 Å². The van der Waals surface area contributed by atoms with E-state index in [9.17, 15) is 14.4 Å². The summed E-state index contributed by atoms with van der Waals surface area (Å²) >= 11 is 0. The molecule has 2 amide bonds. The van der Waals surface area contributed by atoms with Gasteiger partial charge in [0.15, 0.2) is 0 Å². The topological polar surface area (TPSA) is 87.7 Å². The van der Waals surface area contributed by atoms with Crippen molar-refractivity contribution in [1.29, 1.82) is 0 Å². The molecule has 20 heavy (non-hydrogen) atoms. The zero-order valence-electron chi connectivity index (χ0n) is 11.7. The maximum absolute atomic E-state index is 12.3. The molecule has 2 aliphatic rings. The second kappa shape index (κ2) is 6.69. The first-order chi connectivity index (χ1) is 9.63. The molecule has 2 atom stereocenters. The summed E-state index contributed by atoms with van der Waals surface area (Å²) < 4.78 is 4.47. The van der Waals surface area contributed by atoms with Gasteiger partial charge in [0.2, 0.25) is 11.8 Å². The SMILES string of the molecule is COC(=O)CNC(=O)[C@@H]1CCCN1C(=O)[C@@H]1CCCN1. The normalized spacial score (nSPS) is 25.6. The van der Waals surface area contributed by atoms with E-state index in [2.05, 4.69) is 15.4 Å². The van der Waals surface area contributed by atoms with Gasteiger partial charge < -0.3 is 20.3 Å². The lowest BCUT2D eigenvalue weighted by Gasteiger charge is -2.26. The summed E-state index contributed by atoms with van der Waals surface area (Å²) in [6, 6.07) is -0.626. The summed E-state index contributed by atoms with van der Waals surface area (Å²) in [5.74, 6) is -0.774. The lowest BCUT2D eigenvalue weighted by atomic mass is 10.1. The number of carbonyl (C=O) groups is 3. The fourth-order valence-electron chi connectivity index (χ4n) is 2.75. The van der Waals surface area contributed by atoms with Crippen molar-refractivity contribution < 1.29 is 19.1 Å². The van der Waals surface area contributed by atoms with E-state index in [0.717, 1.165) is 25.8 Å². The molecule has 0 bridgehead atoms. The van der Waals surface area contributed by atoms with Gasteiger partial charge in [-0.25, -0.2) is 0 Å². The van der Waals surface area contributed by atoms with E-state index in [4.69, 9.17) is 0 Å². The number of esters is 1. The van der Waals surface area contributed by atoms with Crippen molar-refractivity contribution in [3.63, 3.8) is 0 Å². The van der Waals surface area contributed by atoms with E-state index in [0.29, 0.717) is 13.0 Å². The first-order valence-corrected chi connectivity index (χ1v) is 7.02. The van der Waals surface area contributed by atoms with Crippen LogP contribution in [-0.2, 0) is 19.1 Å². The van der Waals surface area contributed by atoms with Crippen LogP contribution >= 0.6 is 0 Å². The van der Waals surface area contributed by atoms with E-state index in [-0.39, 0.29) is 24.4 Å². The molecule has 0 aliphatic carbocycles. The molecule has 0 aromatic rings. The zero-order chi connectivity index (χ0) is 14.5. The van der Waals surface area contributed by atoms with Crippen LogP contribution in [0.2, 0.25) is 0 Å². The third-order valence-corrected chi connectivity index (χ3v) is 3.83. The highest BCUT2D eigenvalue weighted by Gasteiger charge is 2.37. The molecule has 7 nitrogen and oxygen atoms in total. The van der Waals surface area contributed by atoms with E-state index in [1.54, 1.807) is 4.90 Å². The molecule has 2 fully saturated rings. The van der Waals surface area contributed by atoms with Crippen LogP contribution in [0.5, 0.6) is 0 Å². The second-order valence-electron chi connectivity index (χ2n) is 5.13. The Labute approximate surface area is 118 Å². The summed E-state index contributed by atoms with van der Waals surface area (Å²) in [7, 11) is 1.27. The van der Waals surface area contributed by atoms with Gasteiger partial charge in [0.05, 0.1) is 13.2 Å². The minimum absolute atomic E-state index is 0.00165. The molecule has 0 saturated carbocycles. The van der Waals surface area contributed by atoms with Crippen LogP contribution in [0.1, 0.15) is 25.7 Å². The van der Waals surface area contributed by atoms with Crippen molar-refractivity contribution in [2.75, 3.05) is 26.7 Å². The highest BCUT2D eigenvalue weighted by Crippen LogP contribution is 2.20. The van der Waals surface area contributed by atoms with E-state index in [1.165, 1.54) is 7.11 Å². The van der Waals surface area contributed by atoms with Crippen molar-refractivity contribution in [3.8, 4) is 0 Å². The quantitative estimate of drug-likeness (QED) is 0.647. The lowest BCUT2D eigenvalue weighted by Crippen LogP contribution is -2.51. The largest absolute Gasteiger partial charge is 0.468 e. The molecule has 2 heterocycles. The van der Waals surface area contributed by atoms with Gasteiger partial charge in [-0.1, -0.05) is 0 Å². The number of likely N-dealkylation sites (tertiary alicyclic amines) is 1. The number of methoxy groups -OCH3 is 1. The molecule has 0 aromatic heterocycles. The van der Waals surface area contributed by atoms with Crippen LogP contribution in [0.25, 0.3) is 0 Å². The smallest absolute Gasteiger partial charge is 0.325 e. The monoisotopic (exact) mass is 283 g/mol. The summed E-state index contributed by atoms with van der Waals surface area (Å²) in [6.07, 6.45) is 3.27. The molecule has 7 heteroatoms. The van der Waals surface area contributed by atoms with Gasteiger partial charge in [-0.2, -0.15) is 0 Å². The Morgan fingerprint density at radius 1 is 1.30 bits per heavy atom. The molecule has 0 aromatic carbocycles. The number of hydrogen-bond acceptors (Lipinski definition) is 5. The Kier molecular flexibility index (Phi) is 4.94. The van der Waals surface area contributed by atoms with E-state index in [1.807, 2.05) is 0 Å². The molecule has 0 unspecified atom stereocenters. The Bertz CT molecular complexity index is 393. The minimum Gasteiger partial charge on any atom is -0.468 e. The molecule has 0 spiro atoms. The summed E-state index contributed by atoms with van der Waals surface area (Å²) in [6.45, 7) is 1.30. The minimum atomic E-state index is -0.494. The Hall–Kier alpha value is -1.63. The zero-order valence-corrected chi connectivity index (χ0v) is 11.7. The van der Waals surface area contributed by atoms with Gasteiger partial charge in [-0.05, 0) is 32.2 Å². The number of hydrogen-bond donors (Lipinski definition) is 2. The number of nitrogens with one attached hydrogen (secondary N) is 2. The highest BCUT2D eigenvalue weighted by molar-refractivity contribution is 5.91. The summed E-state index contributed by atoms with van der Waals surface area (Å²) in [5.41, 5.74) is 0. The molecular formula is C13H21N3O4. The van der Waals surface area contributed by atoms with Crippen LogP contribution in [0, 0.1) is 0 Å². The Morgan fingerprint density at radius 2 is 2.10 bits per heavy atom. The van der Waals surface area contributed by atoms with Gasteiger partial charge in [0, 0.05) is 6.54 Å². The molecule has 2 N–H and O–H groups in total. The number of ether oxygens (including phenoxy) is 1. The molecule has 112 valence electrons. The Morgan fingerprint density at radius 3 is 2.75 bits per heavy atom. The van der Waals surface area contributed by atoms with Crippen molar-refractivity contribution in [2.45, 2.75) is 37.8 Å². The average Bonchev–Trinajstić information content (AvgIpc) is 3.13. The third kappa shape index (κ3) is 3.27. The fourth-order valence-corrected chi connectivity index (χ4v) is 2.75. The third-order valence-electron chi connectivity index (χ3n) is 3.83. The van der Waals surface area contributed by atoms with Crippen LogP contribution in [0.4, 0.5) is 0 Å². The summed E-state index contributed by atoms with van der Waals surface area (Å²) in [4.78, 5) is 37.1. The van der Waals surface area contributed by atoms with Crippen molar-refractivity contribution >= 4 is 17.8 Å². The molecule has 2 saturated heterocycles. The molecule has 0 radical (unpaired) electrons. The van der Waals surface area contributed by atoms with Crippen molar-refractivity contribution in [1.82, 2.24) is 15.5 Å². The van der Waals surface area contributed by atoms with Gasteiger partial charge in [-0.15, -0.1) is 0 Å². The van der Waals surface area contributed by atoms with E-state index < -0.39 is 12.0 Å². The number of nitrogens with zero attached hydrogens (tertiary/aromatic N) is 1. The van der Waals surface area contributed by atoms with Crippen LogP contribution in [-0.4, -0.2) is 61.5 Å². The maximum atomic E-state index is 12.3. The van der Waals surface area contributed by atoms with E-state index >= 15 is 0 Å². The maximum Gasteiger partial charge on any atom is 0.325 e. The Balaban J connectivity index is 1.90. The average molecular weight is 283 g/mol. The van der Waals surface area contributed by atoms with Crippen molar-refractivity contribution in [3.05, 3.63) is 0 Å².